The lowest BCUT2D eigenvalue weighted by Crippen LogP contribution is -2.41. The number of aryl methyl sites for hydroxylation is 1. The molecule has 0 fully saturated rings. The molecule has 0 bridgehead atoms. The molecule has 116 valence electrons. The Labute approximate surface area is 141 Å². The number of rotatable bonds is 5. The van der Waals surface area contributed by atoms with Crippen LogP contribution >= 0.6 is 22.6 Å². The summed E-state index contributed by atoms with van der Waals surface area (Å²) in [6.07, 6.45) is 4.98. The third-order valence-electron chi connectivity index (χ3n) is 4.29. The molecule has 0 aromatic carbocycles. The summed E-state index contributed by atoms with van der Waals surface area (Å²) in [5.74, 6) is 0. The van der Waals surface area contributed by atoms with E-state index in [0.29, 0.717) is 0 Å². The Morgan fingerprint density at radius 1 is 1.33 bits per heavy atom. The fraction of sp³-hybridized carbons (Fsp3) is 0.600. The van der Waals surface area contributed by atoms with Crippen LogP contribution < -0.4 is 0 Å². The Morgan fingerprint density at radius 3 is 2.71 bits per heavy atom. The van der Waals surface area contributed by atoms with Crippen molar-refractivity contribution in [3.05, 3.63) is 22.3 Å². The highest BCUT2D eigenvalue weighted by Crippen LogP contribution is 2.36. The fourth-order valence-corrected chi connectivity index (χ4v) is 3.36. The summed E-state index contributed by atoms with van der Waals surface area (Å²) in [5.41, 5.74) is 1.02. The van der Waals surface area contributed by atoms with Crippen LogP contribution in [0.1, 0.15) is 27.2 Å². The van der Waals surface area contributed by atoms with Gasteiger partial charge in [-0.25, -0.2) is 9.97 Å². The summed E-state index contributed by atoms with van der Waals surface area (Å²) >= 11 is 2.15. The van der Waals surface area contributed by atoms with Crippen molar-refractivity contribution in [2.75, 3.05) is 6.61 Å². The average Bonchev–Trinajstić information content (AvgIpc) is 2.76. The number of halogens is 1. The molecule has 2 heterocycles. The van der Waals surface area contributed by atoms with Gasteiger partial charge in [-0.05, 0) is 30.6 Å². The van der Waals surface area contributed by atoms with Crippen LogP contribution in [-0.4, -0.2) is 29.5 Å². The summed E-state index contributed by atoms with van der Waals surface area (Å²) < 4.78 is 9.20. The molecule has 0 amide bonds. The van der Waals surface area contributed by atoms with Crippen molar-refractivity contribution < 1.29 is 4.43 Å². The summed E-state index contributed by atoms with van der Waals surface area (Å²) in [5, 5.41) is 1.37. The summed E-state index contributed by atoms with van der Waals surface area (Å²) in [6, 6.07) is 2.07. The van der Waals surface area contributed by atoms with Crippen LogP contribution in [0.2, 0.25) is 18.1 Å². The normalized spacial score (nSPS) is 13.0. The Bertz CT molecular complexity index is 619. The number of fused-ring (bicyclic) bond motifs is 1. The van der Waals surface area contributed by atoms with Crippen molar-refractivity contribution in [2.45, 2.75) is 51.9 Å². The molecule has 0 N–H and O–H groups in total. The molecule has 0 saturated carbocycles. The van der Waals surface area contributed by atoms with Crippen LogP contribution in [0.15, 0.2) is 18.5 Å². The zero-order chi connectivity index (χ0) is 15.7. The molecular formula is C15H24IN3OSi. The van der Waals surface area contributed by atoms with Gasteiger partial charge in [0.25, 0.3) is 0 Å². The maximum atomic E-state index is 6.22. The van der Waals surface area contributed by atoms with E-state index in [1.807, 2.05) is 6.20 Å². The highest BCUT2D eigenvalue weighted by Gasteiger charge is 2.36. The van der Waals surface area contributed by atoms with E-state index in [9.17, 15) is 0 Å². The number of nitrogens with zero attached hydrogens (tertiary/aromatic N) is 3. The Morgan fingerprint density at radius 2 is 2.05 bits per heavy atom. The van der Waals surface area contributed by atoms with E-state index in [0.717, 1.165) is 34.4 Å². The number of aromatic nitrogens is 3. The zero-order valence-corrected chi connectivity index (χ0v) is 16.6. The van der Waals surface area contributed by atoms with E-state index < -0.39 is 8.32 Å². The van der Waals surface area contributed by atoms with Crippen LogP contribution in [0.5, 0.6) is 0 Å². The van der Waals surface area contributed by atoms with Gasteiger partial charge in [-0.3, -0.25) is 0 Å². The van der Waals surface area contributed by atoms with Gasteiger partial charge < -0.3 is 8.99 Å². The van der Waals surface area contributed by atoms with Gasteiger partial charge in [0.15, 0.2) is 12.1 Å². The second-order valence-corrected chi connectivity index (χ2v) is 12.7. The molecule has 2 aromatic heterocycles. The van der Waals surface area contributed by atoms with E-state index in [2.05, 4.69) is 83.3 Å². The highest BCUT2D eigenvalue weighted by atomic mass is 127. The van der Waals surface area contributed by atoms with Crippen LogP contribution in [0, 0.1) is 3.83 Å². The van der Waals surface area contributed by atoms with E-state index >= 15 is 0 Å². The molecule has 0 radical (unpaired) electrons. The molecule has 0 aliphatic heterocycles. The van der Waals surface area contributed by atoms with Gasteiger partial charge in [0.2, 0.25) is 0 Å². The van der Waals surface area contributed by atoms with Crippen molar-refractivity contribution in [3.8, 4) is 0 Å². The topological polar surface area (TPSA) is 39.9 Å². The molecule has 2 aromatic rings. The van der Waals surface area contributed by atoms with Gasteiger partial charge in [0, 0.05) is 53.5 Å². The predicted octanol–water partition coefficient (Wildman–Crippen LogP) is 4.45. The van der Waals surface area contributed by atoms with Crippen LogP contribution in [0.25, 0.3) is 11.0 Å². The lowest BCUT2D eigenvalue weighted by atomic mass is 10.2. The minimum Gasteiger partial charge on any atom is -0.417 e. The van der Waals surface area contributed by atoms with Crippen molar-refractivity contribution in [1.82, 2.24) is 14.5 Å². The molecule has 6 heteroatoms. The summed E-state index contributed by atoms with van der Waals surface area (Å²) in [4.78, 5) is 8.73. The van der Waals surface area contributed by atoms with Crippen molar-refractivity contribution >= 4 is 41.9 Å². The van der Waals surface area contributed by atoms with Crippen molar-refractivity contribution in [2.24, 2.45) is 0 Å². The first-order valence-electron chi connectivity index (χ1n) is 7.32. The highest BCUT2D eigenvalue weighted by molar-refractivity contribution is 14.1. The van der Waals surface area contributed by atoms with Gasteiger partial charge in [-0.1, -0.05) is 20.8 Å². The number of hydrogen-bond acceptors (Lipinski definition) is 3. The molecular weight excluding hydrogens is 393 g/mol. The lowest BCUT2D eigenvalue weighted by Gasteiger charge is -2.36. The van der Waals surface area contributed by atoms with Gasteiger partial charge in [-0.2, -0.15) is 0 Å². The van der Waals surface area contributed by atoms with Gasteiger partial charge >= 0.3 is 0 Å². The van der Waals surface area contributed by atoms with Gasteiger partial charge in [-0.15, -0.1) is 0 Å². The lowest BCUT2D eigenvalue weighted by molar-refractivity contribution is 0.275. The Balaban J connectivity index is 1.93. The third kappa shape index (κ3) is 4.04. The van der Waals surface area contributed by atoms with Crippen LogP contribution in [0.4, 0.5) is 0 Å². The van der Waals surface area contributed by atoms with Crippen LogP contribution in [0.3, 0.4) is 0 Å². The largest absolute Gasteiger partial charge is 0.417 e. The first-order chi connectivity index (χ1) is 9.71. The standard InChI is InChI=1S/C15H24IN3OSi/c1-15(2,3)21(4,5)20-10-6-8-19-9-7-12-11-17-14(16)18-13(12)19/h7,9,11H,6,8,10H2,1-5H3. The van der Waals surface area contributed by atoms with Crippen LogP contribution in [-0.2, 0) is 11.0 Å². The van der Waals surface area contributed by atoms with E-state index in [1.165, 1.54) is 0 Å². The maximum absolute atomic E-state index is 6.22. The molecule has 21 heavy (non-hydrogen) atoms. The molecule has 0 spiro atoms. The quantitative estimate of drug-likeness (QED) is 0.312. The summed E-state index contributed by atoms with van der Waals surface area (Å²) in [6.45, 7) is 13.2. The molecule has 0 saturated heterocycles. The van der Waals surface area contributed by atoms with Crippen molar-refractivity contribution in [1.29, 1.82) is 0 Å². The van der Waals surface area contributed by atoms with Crippen molar-refractivity contribution in [3.63, 3.8) is 0 Å². The molecule has 2 rings (SSSR count). The maximum Gasteiger partial charge on any atom is 0.192 e. The smallest absolute Gasteiger partial charge is 0.192 e. The van der Waals surface area contributed by atoms with Gasteiger partial charge in [0.05, 0.1) is 0 Å². The van der Waals surface area contributed by atoms with Gasteiger partial charge in [0.1, 0.15) is 5.65 Å². The third-order valence-corrected chi connectivity index (χ3v) is 9.34. The molecule has 0 aliphatic carbocycles. The van der Waals surface area contributed by atoms with E-state index in [1.54, 1.807) is 0 Å². The molecule has 0 atom stereocenters. The van der Waals surface area contributed by atoms with E-state index in [-0.39, 0.29) is 5.04 Å². The molecule has 4 nitrogen and oxygen atoms in total. The first kappa shape index (κ1) is 16.9. The minimum absolute atomic E-state index is 0.274. The van der Waals surface area contributed by atoms with E-state index in [4.69, 9.17) is 4.43 Å². The summed E-state index contributed by atoms with van der Waals surface area (Å²) in [7, 11) is -1.63. The minimum atomic E-state index is -1.63. The monoisotopic (exact) mass is 417 g/mol. The second kappa shape index (κ2) is 6.34. The molecule has 0 unspecified atom stereocenters. The predicted molar refractivity (Wildman–Crippen MR) is 98.0 cm³/mol. The molecule has 0 aliphatic rings. The SMILES string of the molecule is CC(C)(C)[Si](C)(C)OCCCn1ccc2cnc(I)nc21. The Hall–Kier alpha value is -0.473. The second-order valence-electron chi connectivity index (χ2n) is 6.89. The fourth-order valence-electron chi connectivity index (χ4n) is 1.91. The zero-order valence-electron chi connectivity index (χ0n) is 13.5. The average molecular weight is 417 g/mol. The number of hydrogen-bond donors (Lipinski definition) is 0. The first-order valence-corrected chi connectivity index (χ1v) is 11.3. The Kier molecular flexibility index (Phi) is 5.10.